The summed E-state index contributed by atoms with van der Waals surface area (Å²) in [7, 11) is 0. The quantitative estimate of drug-likeness (QED) is 0.692. The van der Waals surface area contributed by atoms with Crippen LogP contribution in [0, 0.1) is 16.7 Å². The zero-order chi connectivity index (χ0) is 14.1. The largest absolute Gasteiger partial charge is 0.389 e. The first kappa shape index (κ1) is 13.0. The maximum atomic E-state index is 12.4. The van der Waals surface area contributed by atoms with E-state index in [9.17, 15) is 9.90 Å². The minimum absolute atomic E-state index is 0.0297. The molecule has 0 amide bonds. The minimum atomic E-state index is -0.344. The molecule has 0 bridgehead atoms. The number of hydrogen-bond acceptors (Lipinski definition) is 3. The van der Waals surface area contributed by atoms with Gasteiger partial charge in [0.15, 0.2) is 0 Å². The second kappa shape index (κ2) is 3.95. The van der Waals surface area contributed by atoms with Gasteiger partial charge in [-0.3, -0.25) is 4.79 Å². The van der Waals surface area contributed by atoms with Gasteiger partial charge in [-0.2, -0.15) is 0 Å². The van der Waals surface area contributed by atoms with Crippen LogP contribution in [-0.4, -0.2) is 29.7 Å². The van der Waals surface area contributed by atoms with Crippen molar-refractivity contribution >= 4 is 5.78 Å². The summed E-state index contributed by atoms with van der Waals surface area (Å²) in [6.07, 6.45) is 5.47. The van der Waals surface area contributed by atoms with Crippen molar-refractivity contribution in [1.82, 2.24) is 0 Å². The number of carbonyl (C=O) groups excluding carboxylic acids is 1. The average Bonchev–Trinajstić information content (AvgIpc) is 2.94. The lowest BCUT2D eigenvalue weighted by Crippen LogP contribution is -2.38. The molecule has 2 saturated carbocycles. The number of hydrogen-bond donors (Lipinski definition) is 1. The fraction of sp³-hybridized carbons (Fsp3) is 0.824. The minimum Gasteiger partial charge on any atom is -0.389 e. The van der Waals surface area contributed by atoms with E-state index in [-0.39, 0.29) is 29.0 Å². The number of rotatable bonds is 0. The van der Waals surface area contributed by atoms with Crippen LogP contribution >= 0.6 is 0 Å². The standard InChI is InChI=1S/C17H24O3/c1-16-5-3-11(18)10-9-20-15(13(10)16)14-12(19)4-6-17(14,2)8-7-16/h11,14-15,18H,3-9H2,1-2H3/t11-,14?,15-,16-,17-/m0/s1. The fourth-order valence-electron chi connectivity index (χ4n) is 5.30. The van der Waals surface area contributed by atoms with Gasteiger partial charge < -0.3 is 9.84 Å². The lowest BCUT2D eigenvalue weighted by Gasteiger charge is -2.38. The second-order valence-electron chi connectivity index (χ2n) is 7.88. The van der Waals surface area contributed by atoms with E-state index >= 15 is 0 Å². The first-order chi connectivity index (χ1) is 9.45. The molecule has 0 aromatic heterocycles. The van der Waals surface area contributed by atoms with Crippen LogP contribution < -0.4 is 0 Å². The molecule has 1 aliphatic heterocycles. The van der Waals surface area contributed by atoms with E-state index in [0.717, 1.165) is 37.7 Å². The predicted molar refractivity (Wildman–Crippen MR) is 75.2 cm³/mol. The highest BCUT2D eigenvalue weighted by Crippen LogP contribution is 2.60. The fourth-order valence-corrected chi connectivity index (χ4v) is 5.30. The van der Waals surface area contributed by atoms with E-state index in [1.807, 2.05) is 0 Å². The van der Waals surface area contributed by atoms with Gasteiger partial charge in [0.25, 0.3) is 0 Å². The Bertz CT molecular complexity index is 508. The average molecular weight is 276 g/mol. The number of ether oxygens (including phenoxy) is 1. The summed E-state index contributed by atoms with van der Waals surface area (Å²) in [5.41, 5.74) is 2.66. The molecule has 1 unspecified atom stereocenters. The Hall–Kier alpha value is -0.670. The first-order valence-electron chi connectivity index (χ1n) is 8.00. The van der Waals surface area contributed by atoms with Gasteiger partial charge >= 0.3 is 0 Å². The van der Waals surface area contributed by atoms with E-state index in [2.05, 4.69) is 13.8 Å². The van der Waals surface area contributed by atoms with Gasteiger partial charge in [-0.05, 0) is 54.1 Å². The molecule has 0 saturated heterocycles. The normalized spacial score (nSPS) is 51.0. The molecule has 0 aromatic rings. The summed E-state index contributed by atoms with van der Waals surface area (Å²) in [5.74, 6) is 0.415. The Morgan fingerprint density at radius 2 is 2.00 bits per heavy atom. The Balaban J connectivity index is 1.87. The highest BCUT2D eigenvalue weighted by molar-refractivity contribution is 5.85. The van der Waals surface area contributed by atoms with Gasteiger partial charge in [0.05, 0.1) is 24.7 Å². The van der Waals surface area contributed by atoms with Gasteiger partial charge in [0.2, 0.25) is 0 Å². The summed E-state index contributed by atoms with van der Waals surface area (Å²) in [6, 6.07) is 0. The Kier molecular flexibility index (Phi) is 2.57. The number of aliphatic hydroxyl groups excluding tert-OH is 1. The zero-order valence-corrected chi connectivity index (χ0v) is 12.4. The van der Waals surface area contributed by atoms with E-state index in [0.29, 0.717) is 18.8 Å². The summed E-state index contributed by atoms with van der Waals surface area (Å²) in [4.78, 5) is 12.4. The second-order valence-corrected chi connectivity index (χ2v) is 7.88. The summed E-state index contributed by atoms with van der Waals surface area (Å²) in [6.45, 7) is 5.14. The van der Waals surface area contributed by atoms with Crippen LogP contribution in [0.25, 0.3) is 0 Å². The highest BCUT2D eigenvalue weighted by Gasteiger charge is 2.58. The molecule has 4 rings (SSSR count). The van der Waals surface area contributed by atoms with Gasteiger partial charge in [-0.25, -0.2) is 0 Å². The molecule has 5 atom stereocenters. The van der Waals surface area contributed by atoms with Crippen LogP contribution in [0.3, 0.4) is 0 Å². The van der Waals surface area contributed by atoms with E-state index in [4.69, 9.17) is 4.74 Å². The molecule has 3 heteroatoms. The molecule has 2 fully saturated rings. The number of aliphatic hydroxyl groups is 1. The number of fused-ring (bicyclic) bond motifs is 2. The summed E-state index contributed by atoms with van der Waals surface area (Å²) >= 11 is 0. The molecule has 0 radical (unpaired) electrons. The Labute approximate surface area is 120 Å². The lowest BCUT2D eigenvalue weighted by molar-refractivity contribution is -0.126. The molecule has 0 spiro atoms. The van der Waals surface area contributed by atoms with Crippen LogP contribution in [0.15, 0.2) is 11.1 Å². The van der Waals surface area contributed by atoms with Gasteiger partial charge in [-0.15, -0.1) is 0 Å². The van der Waals surface area contributed by atoms with Crippen LogP contribution in [0.2, 0.25) is 0 Å². The van der Waals surface area contributed by atoms with Crippen molar-refractivity contribution < 1.29 is 14.6 Å². The highest BCUT2D eigenvalue weighted by atomic mass is 16.5. The van der Waals surface area contributed by atoms with Crippen molar-refractivity contribution in [2.75, 3.05) is 6.61 Å². The van der Waals surface area contributed by atoms with Gasteiger partial charge in [0, 0.05) is 6.42 Å². The van der Waals surface area contributed by atoms with Crippen molar-refractivity contribution in [2.45, 2.75) is 64.6 Å². The molecular formula is C17H24O3. The summed E-state index contributed by atoms with van der Waals surface area (Å²) < 4.78 is 6.08. The van der Waals surface area contributed by atoms with Crippen molar-refractivity contribution in [3.8, 4) is 0 Å². The molecule has 1 N–H and O–H groups in total. The molecule has 3 aliphatic carbocycles. The number of Topliss-reactive ketones (excluding diaryl/α,β-unsaturated/α-hetero) is 1. The van der Waals surface area contributed by atoms with Crippen LogP contribution in [0.4, 0.5) is 0 Å². The SMILES string of the molecule is C[C@@]12CC[C@H](O)C3=C1[C@H](OC3)C1C(=O)CC[C@@]1(C)CC2. The Morgan fingerprint density at radius 3 is 2.80 bits per heavy atom. The third kappa shape index (κ3) is 1.51. The molecule has 3 nitrogen and oxygen atoms in total. The van der Waals surface area contributed by atoms with E-state index in [1.54, 1.807) is 0 Å². The van der Waals surface area contributed by atoms with Crippen LogP contribution in [-0.2, 0) is 9.53 Å². The lowest BCUT2D eigenvalue weighted by atomic mass is 9.67. The molecule has 4 aliphatic rings. The zero-order valence-electron chi connectivity index (χ0n) is 12.4. The predicted octanol–water partition coefficient (Wildman–Crippen LogP) is 2.62. The van der Waals surface area contributed by atoms with Gasteiger partial charge in [-0.1, -0.05) is 13.8 Å². The number of carbonyl (C=O) groups is 1. The van der Waals surface area contributed by atoms with E-state index < -0.39 is 0 Å². The smallest absolute Gasteiger partial charge is 0.139 e. The third-order valence-corrected chi connectivity index (χ3v) is 6.66. The third-order valence-electron chi connectivity index (χ3n) is 6.66. The van der Waals surface area contributed by atoms with Crippen LogP contribution in [0.5, 0.6) is 0 Å². The van der Waals surface area contributed by atoms with E-state index in [1.165, 1.54) is 5.57 Å². The molecule has 1 heterocycles. The topological polar surface area (TPSA) is 46.5 Å². The van der Waals surface area contributed by atoms with Crippen molar-refractivity contribution in [3.05, 3.63) is 11.1 Å². The number of ketones is 1. The van der Waals surface area contributed by atoms with Crippen molar-refractivity contribution in [1.29, 1.82) is 0 Å². The maximum absolute atomic E-state index is 12.4. The molecule has 0 aromatic carbocycles. The van der Waals surface area contributed by atoms with Gasteiger partial charge in [0.1, 0.15) is 5.78 Å². The van der Waals surface area contributed by atoms with Crippen molar-refractivity contribution in [3.63, 3.8) is 0 Å². The molecule has 20 heavy (non-hydrogen) atoms. The first-order valence-corrected chi connectivity index (χ1v) is 8.00. The summed E-state index contributed by atoms with van der Waals surface area (Å²) in [5, 5.41) is 10.3. The van der Waals surface area contributed by atoms with Crippen LogP contribution in [0.1, 0.15) is 52.4 Å². The maximum Gasteiger partial charge on any atom is 0.139 e. The van der Waals surface area contributed by atoms with Crippen molar-refractivity contribution in [2.24, 2.45) is 16.7 Å². The Morgan fingerprint density at radius 1 is 1.20 bits per heavy atom. The molecular weight excluding hydrogens is 252 g/mol. The monoisotopic (exact) mass is 276 g/mol. The molecule has 110 valence electrons.